The predicted octanol–water partition coefficient (Wildman–Crippen LogP) is 10.5. The van der Waals surface area contributed by atoms with E-state index < -0.39 is 0 Å². The molecule has 0 spiro atoms. The lowest BCUT2D eigenvalue weighted by molar-refractivity contribution is 0.667. The van der Waals surface area contributed by atoms with Crippen LogP contribution in [0.15, 0.2) is 144 Å². The van der Waals surface area contributed by atoms with Crippen LogP contribution in [0.25, 0.3) is 38.6 Å². The van der Waals surface area contributed by atoms with E-state index in [1.807, 2.05) is 30.3 Å². The highest BCUT2D eigenvalue weighted by Crippen LogP contribution is 2.38. The molecule has 1 atom stereocenters. The molecule has 0 fully saturated rings. The second-order valence-electron chi connectivity index (χ2n) is 9.86. The van der Waals surface area contributed by atoms with Gasteiger partial charge >= 0.3 is 0 Å². The lowest BCUT2D eigenvalue weighted by atomic mass is 9.94. The van der Waals surface area contributed by atoms with Crippen LogP contribution in [0.1, 0.15) is 12.0 Å². The number of nitrogens with zero attached hydrogens (tertiary/aromatic N) is 1. The van der Waals surface area contributed by atoms with E-state index in [-0.39, 0.29) is 6.04 Å². The molecule has 0 saturated heterocycles. The van der Waals surface area contributed by atoms with Crippen molar-refractivity contribution in [1.29, 1.82) is 0 Å². The lowest BCUT2D eigenvalue weighted by Crippen LogP contribution is -2.30. The molecule has 0 bridgehead atoms. The molecule has 1 aromatic heterocycles. The molecule has 0 N–H and O–H groups in total. The summed E-state index contributed by atoms with van der Waals surface area (Å²) in [6, 6.07) is 42.2. The monoisotopic (exact) mass is 523 g/mol. The van der Waals surface area contributed by atoms with Crippen molar-refractivity contribution in [1.82, 2.24) is 0 Å². The first-order valence-electron chi connectivity index (χ1n) is 13.2. The Kier molecular flexibility index (Phi) is 6.03. The molecule has 0 saturated carbocycles. The van der Waals surface area contributed by atoms with Crippen LogP contribution in [0, 0.1) is 0 Å². The van der Waals surface area contributed by atoms with Crippen LogP contribution in [0.3, 0.4) is 0 Å². The van der Waals surface area contributed by atoms with Gasteiger partial charge in [0.15, 0.2) is 0 Å². The predicted molar refractivity (Wildman–Crippen MR) is 165 cm³/mol. The van der Waals surface area contributed by atoms with E-state index in [1.54, 1.807) is 0 Å². The van der Waals surface area contributed by atoms with Gasteiger partial charge in [-0.2, -0.15) is 0 Å². The largest absolute Gasteiger partial charge is 0.455 e. The number of para-hydroxylation sites is 2. The number of benzene rings is 5. The zero-order valence-corrected chi connectivity index (χ0v) is 22.1. The molecule has 1 heterocycles. The van der Waals surface area contributed by atoms with Gasteiger partial charge in [0.1, 0.15) is 11.2 Å². The van der Waals surface area contributed by atoms with Crippen molar-refractivity contribution in [2.45, 2.75) is 12.5 Å². The van der Waals surface area contributed by atoms with Crippen LogP contribution in [-0.2, 0) is 0 Å². The molecule has 3 heteroatoms. The first-order chi connectivity index (χ1) is 19.2. The molecule has 0 aliphatic heterocycles. The quantitative estimate of drug-likeness (QED) is 0.223. The summed E-state index contributed by atoms with van der Waals surface area (Å²) in [5, 5.41) is 3.04. The molecular weight excluding hydrogens is 498 g/mol. The number of allylic oxidation sites excluding steroid dienone is 2. The number of hydrogen-bond acceptors (Lipinski definition) is 2. The topological polar surface area (TPSA) is 16.4 Å². The zero-order valence-electron chi connectivity index (χ0n) is 21.3. The summed E-state index contributed by atoms with van der Waals surface area (Å²) < 4.78 is 6.31. The van der Waals surface area contributed by atoms with Crippen LogP contribution >= 0.6 is 11.6 Å². The molecule has 7 rings (SSSR count). The minimum Gasteiger partial charge on any atom is -0.455 e. The number of halogens is 1. The zero-order chi connectivity index (χ0) is 26.2. The summed E-state index contributed by atoms with van der Waals surface area (Å²) in [4.78, 5) is 2.39. The highest BCUT2D eigenvalue weighted by atomic mass is 35.5. The fourth-order valence-corrected chi connectivity index (χ4v) is 5.68. The van der Waals surface area contributed by atoms with Crippen LogP contribution in [-0.4, -0.2) is 6.04 Å². The summed E-state index contributed by atoms with van der Waals surface area (Å²) in [6.45, 7) is 0. The van der Waals surface area contributed by atoms with Gasteiger partial charge in [-0.3, -0.25) is 0 Å². The van der Waals surface area contributed by atoms with Gasteiger partial charge < -0.3 is 9.32 Å². The van der Waals surface area contributed by atoms with Gasteiger partial charge in [0.2, 0.25) is 0 Å². The van der Waals surface area contributed by atoms with Gasteiger partial charge in [0.25, 0.3) is 0 Å². The van der Waals surface area contributed by atoms with E-state index in [2.05, 4.69) is 114 Å². The molecule has 0 amide bonds. The first kappa shape index (κ1) is 23.6. The highest BCUT2D eigenvalue weighted by molar-refractivity contribution is 6.30. The minimum atomic E-state index is 0.160. The Hall–Kier alpha value is -4.53. The Morgan fingerprint density at radius 2 is 1.31 bits per heavy atom. The van der Waals surface area contributed by atoms with E-state index in [9.17, 15) is 0 Å². The molecule has 1 aliphatic rings. The van der Waals surface area contributed by atoms with Crippen molar-refractivity contribution in [2.75, 3.05) is 4.90 Å². The first-order valence-corrected chi connectivity index (χ1v) is 13.6. The summed E-state index contributed by atoms with van der Waals surface area (Å²) in [5.41, 5.74) is 8.85. The molecule has 1 unspecified atom stereocenters. The third kappa shape index (κ3) is 4.43. The van der Waals surface area contributed by atoms with Crippen molar-refractivity contribution in [3.05, 3.63) is 150 Å². The normalized spacial score (nSPS) is 15.0. The average molecular weight is 524 g/mol. The smallest absolute Gasteiger partial charge is 0.143 e. The number of fused-ring (bicyclic) bond motifs is 3. The van der Waals surface area contributed by atoms with Crippen LogP contribution in [0.2, 0.25) is 5.02 Å². The van der Waals surface area contributed by atoms with Crippen LogP contribution in [0.4, 0.5) is 11.4 Å². The number of furan rings is 1. The Balaban J connectivity index is 1.23. The lowest BCUT2D eigenvalue weighted by Gasteiger charge is -2.33. The maximum Gasteiger partial charge on any atom is 0.143 e. The van der Waals surface area contributed by atoms with Crippen molar-refractivity contribution in [3.8, 4) is 11.1 Å². The van der Waals surface area contributed by atoms with Gasteiger partial charge in [0, 0.05) is 32.7 Å². The van der Waals surface area contributed by atoms with Crippen LogP contribution in [0.5, 0.6) is 0 Å². The maximum atomic E-state index is 6.31. The van der Waals surface area contributed by atoms with E-state index >= 15 is 0 Å². The molecule has 5 aromatic carbocycles. The molecular formula is C36H26ClNO. The van der Waals surface area contributed by atoms with Gasteiger partial charge in [-0.1, -0.05) is 109 Å². The van der Waals surface area contributed by atoms with Crippen molar-refractivity contribution >= 4 is 50.5 Å². The SMILES string of the molecule is Clc1ccc(N(c2ccc(-c3ccccc3)cc2)C2C=CC(c3cccc4c3oc3ccccc34)=CC2)cc1. The van der Waals surface area contributed by atoms with Gasteiger partial charge in [-0.25, -0.2) is 0 Å². The van der Waals surface area contributed by atoms with E-state index in [1.165, 1.54) is 16.7 Å². The Bertz CT molecular complexity index is 1830. The highest BCUT2D eigenvalue weighted by Gasteiger charge is 2.22. The summed E-state index contributed by atoms with van der Waals surface area (Å²) in [6.07, 6.45) is 7.73. The van der Waals surface area contributed by atoms with Crippen molar-refractivity contribution < 1.29 is 4.42 Å². The summed E-state index contributed by atoms with van der Waals surface area (Å²) >= 11 is 6.25. The molecule has 188 valence electrons. The van der Waals surface area contributed by atoms with E-state index in [4.69, 9.17) is 16.0 Å². The minimum absolute atomic E-state index is 0.160. The third-order valence-corrected chi connectivity index (χ3v) is 7.73. The standard InChI is InChI=1S/C36H26ClNO/c37-28-17-23-31(24-18-28)38(29-19-13-26(14-20-29)25-7-2-1-3-8-25)30-21-15-27(16-22-30)32-10-6-11-34-33-9-4-5-12-35(33)39-36(32)34/h1-21,23-24,30H,22H2. The van der Waals surface area contributed by atoms with Gasteiger partial charge in [0.05, 0.1) is 6.04 Å². The van der Waals surface area contributed by atoms with Gasteiger partial charge in [-0.15, -0.1) is 0 Å². The second-order valence-corrected chi connectivity index (χ2v) is 10.3. The number of rotatable bonds is 5. The second kappa shape index (κ2) is 9.98. The fraction of sp³-hybridized carbons (Fsp3) is 0.0556. The number of hydrogen-bond donors (Lipinski definition) is 0. The molecule has 6 aromatic rings. The van der Waals surface area contributed by atoms with Crippen molar-refractivity contribution in [3.63, 3.8) is 0 Å². The average Bonchev–Trinajstić information content (AvgIpc) is 3.39. The summed E-state index contributed by atoms with van der Waals surface area (Å²) in [5.74, 6) is 0. The van der Waals surface area contributed by atoms with Crippen molar-refractivity contribution in [2.24, 2.45) is 0 Å². The Labute approximate surface area is 233 Å². The molecule has 2 nitrogen and oxygen atoms in total. The van der Waals surface area contributed by atoms with Gasteiger partial charge in [-0.05, 0) is 65.6 Å². The molecule has 0 radical (unpaired) electrons. The van der Waals surface area contributed by atoms with E-state index in [0.717, 1.165) is 50.3 Å². The molecule has 39 heavy (non-hydrogen) atoms. The maximum absolute atomic E-state index is 6.31. The van der Waals surface area contributed by atoms with Crippen LogP contribution < -0.4 is 4.90 Å². The molecule has 1 aliphatic carbocycles. The third-order valence-electron chi connectivity index (χ3n) is 7.48. The Morgan fingerprint density at radius 1 is 0.641 bits per heavy atom. The Morgan fingerprint density at radius 3 is 2.05 bits per heavy atom. The summed E-state index contributed by atoms with van der Waals surface area (Å²) in [7, 11) is 0. The number of anilines is 2. The fourth-order valence-electron chi connectivity index (χ4n) is 5.55. The van der Waals surface area contributed by atoms with E-state index in [0.29, 0.717) is 0 Å².